The first-order valence-electron chi connectivity index (χ1n) is 7.91. The van der Waals surface area contributed by atoms with Gasteiger partial charge in [0.05, 0.1) is 16.8 Å². The maximum Gasteiger partial charge on any atom is 0.163 e. The molecule has 0 saturated heterocycles. The van der Waals surface area contributed by atoms with Gasteiger partial charge in [-0.05, 0) is 60.9 Å². The molecule has 0 fully saturated rings. The predicted octanol–water partition coefficient (Wildman–Crippen LogP) is 6.01. The molecule has 0 radical (unpaired) electrons. The number of hydrogen-bond donors (Lipinski definition) is 0. The topological polar surface area (TPSA) is 30.7 Å². The van der Waals surface area contributed by atoms with Crippen LogP contribution in [0.5, 0.6) is 0 Å². The molecule has 4 aromatic rings. The summed E-state index contributed by atoms with van der Waals surface area (Å²) in [5.41, 5.74) is 5.84. The van der Waals surface area contributed by atoms with Crippen LogP contribution in [0.3, 0.4) is 0 Å². The Bertz CT molecular complexity index is 1080. The summed E-state index contributed by atoms with van der Waals surface area (Å²) in [5.74, 6) is 0. The molecule has 0 aliphatic carbocycles. The Labute approximate surface area is 155 Å². The van der Waals surface area contributed by atoms with E-state index in [0.29, 0.717) is 5.02 Å². The van der Waals surface area contributed by atoms with Gasteiger partial charge >= 0.3 is 0 Å². The van der Waals surface area contributed by atoms with Crippen LogP contribution < -0.4 is 0 Å². The fourth-order valence-corrected chi connectivity index (χ4v) is 3.28. The SMILES string of the molecule is Cc1ccc(-n2nc(C)c3c(-c4ccc(Cl)cc4)ccnc32)cc1Cl. The average molecular weight is 368 g/mol. The fourth-order valence-electron chi connectivity index (χ4n) is 2.98. The lowest BCUT2D eigenvalue weighted by Crippen LogP contribution is -1.98. The summed E-state index contributed by atoms with van der Waals surface area (Å²) in [4.78, 5) is 4.57. The number of nitrogens with zero attached hydrogens (tertiary/aromatic N) is 3. The van der Waals surface area contributed by atoms with Crippen LogP contribution in [0, 0.1) is 13.8 Å². The number of fused-ring (bicyclic) bond motifs is 1. The first-order chi connectivity index (χ1) is 12.0. The molecule has 0 N–H and O–H groups in total. The van der Waals surface area contributed by atoms with Crippen LogP contribution in [-0.2, 0) is 0 Å². The van der Waals surface area contributed by atoms with Crippen LogP contribution in [0.2, 0.25) is 10.0 Å². The lowest BCUT2D eigenvalue weighted by atomic mass is 10.0. The van der Waals surface area contributed by atoms with Gasteiger partial charge in [0.15, 0.2) is 5.65 Å². The number of halogens is 2. The molecule has 0 aliphatic heterocycles. The van der Waals surface area contributed by atoms with Crippen molar-refractivity contribution in [2.24, 2.45) is 0 Å². The third kappa shape index (κ3) is 2.80. The highest BCUT2D eigenvalue weighted by molar-refractivity contribution is 6.31. The van der Waals surface area contributed by atoms with Gasteiger partial charge in [-0.25, -0.2) is 9.67 Å². The maximum atomic E-state index is 6.29. The fraction of sp³-hybridized carbons (Fsp3) is 0.100. The number of rotatable bonds is 2. The Morgan fingerprint density at radius 1 is 0.920 bits per heavy atom. The normalized spacial score (nSPS) is 11.2. The molecule has 25 heavy (non-hydrogen) atoms. The molecule has 5 heteroatoms. The molecule has 2 heterocycles. The van der Waals surface area contributed by atoms with E-state index in [4.69, 9.17) is 28.3 Å². The van der Waals surface area contributed by atoms with Crippen LogP contribution in [0.4, 0.5) is 0 Å². The van der Waals surface area contributed by atoms with Gasteiger partial charge in [0.2, 0.25) is 0 Å². The van der Waals surface area contributed by atoms with E-state index in [1.165, 1.54) is 0 Å². The van der Waals surface area contributed by atoms with Crippen molar-refractivity contribution in [3.63, 3.8) is 0 Å². The average Bonchev–Trinajstić information content (AvgIpc) is 2.95. The highest BCUT2D eigenvalue weighted by Crippen LogP contribution is 2.32. The molecule has 0 atom stereocenters. The molecule has 4 rings (SSSR count). The van der Waals surface area contributed by atoms with Crippen molar-refractivity contribution in [3.05, 3.63) is 76.0 Å². The van der Waals surface area contributed by atoms with Crippen molar-refractivity contribution in [2.75, 3.05) is 0 Å². The predicted molar refractivity (Wildman–Crippen MR) is 104 cm³/mol. The minimum Gasteiger partial charge on any atom is -0.236 e. The van der Waals surface area contributed by atoms with Crippen molar-refractivity contribution in [3.8, 4) is 16.8 Å². The smallest absolute Gasteiger partial charge is 0.163 e. The standard InChI is InChI=1S/C20H15Cl2N3/c1-12-3-8-16(11-18(12)22)25-20-19(13(2)24-25)17(9-10-23-20)14-4-6-15(21)7-5-14/h3-11H,1-2H3. The Morgan fingerprint density at radius 2 is 1.68 bits per heavy atom. The van der Waals surface area contributed by atoms with E-state index in [1.807, 2.05) is 67.1 Å². The first kappa shape index (κ1) is 16.1. The van der Waals surface area contributed by atoms with Crippen LogP contribution in [0.1, 0.15) is 11.3 Å². The van der Waals surface area contributed by atoms with Crippen LogP contribution in [0.15, 0.2) is 54.7 Å². The second-order valence-electron chi connectivity index (χ2n) is 5.99. The Morgan fingerprint density at radius 3 is 2.40 bits per heavy atom. The van der Waals surface area contributed by atoms with Gasteiger partial charge in [0.1, 0.15) is 0 Å². The molecule has 124 valence electrons. The summed E-state index contributed by atoms with van der Waals surface area (Å²) in [6.45, 7) is 3.98. The molecule has 0 spiro atoms. The van der Waals surface area contributed by atoms with Gasteiger partial charge in [-0.1, -0.05) is 41.4 Å². The molecule has 2 aromatic carbocycles. The summed E-state index contributed by atoms with van der Waals surface area (Å²) >= 11 is 12.3. The summed E-state index contributed by atoms with van der Waals surface area (Å²) in [6.07, 6.45) is 1.81. The number of benzene rings is 2. The minimum atomic E-state index is 0.715. The summed E-state index contributed by atoms with van der Waals surface area (Å²) < 4.78 is 1.84. The molecule has 0 aliphatic rings. The zero-order valence-corrected chi connectivity index (χ0v) is 15.3. The van der Waals surface area contributed by atoms with Gasteiger partial charge in [-0.3, -0.25) is 0 Å². The number of pyridine rings is 1. The van der Waals surface area contributed by atoms with E-state index in [2.05, 4.69) is 4.98 Å². The number of aromatic nitrogens is 3. The lowest BCUT2D eigenvalue weighted by molar-refractivity contribution is 0.877. The zero-order valence-electron chi connectivity index (χ0n) is 13.8. The second kappa shape index (κ2) is 6.17. The molecule has 2 aromatic heterocycles. The zero-order chi connectivity index (χ0) is 17.6. The molecule has 0 unspecified atom stereocenters. The van der Waals surface area contributed by atoms with E-state index in [9.17, 15) is 0 Å². The molecular formula is C20H15Cl2N3. The van der Waals surface area contributed by atoms with Gasteiger partial charge in [-0.15, -0.1) is 0 Å². The second-order valence-corrected chi connectivity index (χ2v) is 6.84. The molecule has 3 nitrogen and oxygen atoms in total. The van der Waals surface area contributed by atoms with Crippen LogP contribution in [0.25, 0.3) is 27.8 Å². The third-order valence-electron chi connectivity index (χ3n) is 4.30. The van der Waals surface area contributed by atoms with Gasteiger partial charge in [0, 0.05) is 16.2 Å². The monoisotopic (exact) mass is 367 g/mol. The van der Waals surface area contributed by atoms with E-state index in [1.54, 1.807) is 6.20 Å². The summed E-state index contributed by atoms with van der Waals surface area (Å²) in [5, 5.41) is 7.17. The Kier molecular flexibility index (Phi) is 3.98. The van der Waals surface area contributed by atoms with Crippen LogP contribution >= 0.6 is 23.2 Å². The Balaban J connectivity index is 1.96. The van der Waals surface area contributed by atoms with E-state index >= 15 is 0 Å². The highest BCUT2D eigenvalue weighted by atomic mass is 35.5. The quantitative estimate of drug-likeness (QED) is 0.434. The Hall–Kier alpha value is -2.36. The molecule has 0 amide bonds. The van der Waals surface area contributed by atoms with Gasteiger partial charge in [-0.2, -0.15) is 5.10 Å². The van der Waals surface area contributed by atoms with Crippen molar-refractivity contribution >= 4 is 34.2 Å². The largest absolute Gasteiger partial charge is 0.236 e. The van der Waals surface area contributed by atoms with E-state index in [-0.39, 0.29) is 0 Å². The minimum absolute atomic E-state index is 0.715. The number of aryl methyl sites for hydroxylation is 2. The van der Waals surface area contributed by atoms with Gasteiger partial charge in [0.25, 0.3) is 0 Å². The third-order valence-corrected chi connectivity index (χ3v) is 4.96. The van der Waals surface area contributed by atoms with Crippen molar-refractivity contribution in [1.29, 1.82) is 0 Å². The van der Waals surface area contributed by atoms with E-state index in [0.717, 1.165) is 44.1 Å². The van der Waals surface area contributed by atoms with Crippen molar-refractivity contribution in [2.45, 2.75) is 13.8 Å². The lowest BCUT2D eigenvalue weighted by Gasteiger charge is -2.07. The molecule has 0 bridgehead atoms. The van der Waals surface area contributed by atoms with Crippen LogP contribution in [-0.4, -0.2) is 14.8 Å². The molecule has 0 saturated carbocycles. The highest BCUT2D eigenvalue weighted by Gasteiger charge is 2.15. The van der Waals surface area contributed by atoms with E-state index < -0.39 is 0 Å². The van der Waals surface area contributed by atoms with Crippen molar-refractivity contribution < 1.29 is 0 Å². The number of hydrogen-bond acceptors (Lipinski definition) is 2. The maximum absolute atomic E-state index is 6.29. The van der Waals surface area contributed by atoms with Gasteiger partial charge < -0.3 is 0 Å². The van der Waals surface area contributed by atoms with Crippen molar-refractivity contribution in [1.82, 2.24) is 14.8 Å². The summed E-state index contributed by atoms with van der Waals surface area (Å²) in [7, 11) is 0. The summed E-state index contributed by atoms with van der Waals surface area (Å²) in [6, 6.07) is 15.7. The first-order valence-corrected chi connectivity index (χ1v) is 8.67. The molecular weight excluding hydrogens is 353 g/mol.